The van der Waals surface area contributed by atoms with Crippen molar-refractivity contribution in [3.63, 3.8) is 0 Å². The first kappa shape index (κ1) is 20.6. The second-order valence-electron chi connectivity index (χ2n) is 6.23. The molecule has 148 valence electrons. The fraction of sp³-hybridized carbons (Fsp3) is 0.222. The van der Waals surface area contributed by atoms with Crippen molar-refractivity contribution < 1.29 is 23.5 Å². The molecule has 2 heterocycles. The molecule has 1 aromatic carbocycles. The number of hydrogen-bond acceptors (Lipinski definition) is 6. The van der Waals surface area contributed by atoms with E-state index in [0.717, 1.165) is 5.06 Å². The summed E-state index contributed by atoms with van der Waals surface area (Å²) in [5.41, 5.74) is 5.53. The molecule has 1 aliphatic rings. The third kappa shape index (κ3) is 4.47. The Bertz CT molecular complexity index is 954. The van der Waals surface area contributed by atoms with Gasteiger partial charge >= 0.3 is 0 Å². The molecule has 3 rings (SSSR count). The number of benzene rings is 1. The number of pyridine rings is 1. The van der Waals surface area contributed by atoms with Crippen LogP contribution in [0.5, 0.6) is 0 Å². The molecule has 1 amide bonds. The van der Waals surface area contributed by atoms with Gasteiger partial charge in [0.2, 0.25) is 5.79 Å². The van der Waals surface area contributed by atoms with Gasteiger partial charge in [-0.05, 0) is 46.9 Å². The molecule has 1 aromatic heterocycles. The Kier molecular flexibility index (Phi) is 5.96. The van der Waals surface area contributed by atoms with Crippen LogP contribution >= 0.6 is 34.2 Å². The van der Waals surface area contributed by atoms with Crippen LogP contribution in [-0.2, 0) is 14.3 Å². The Labute approximate surface area is 179 Å². The Balaban J connectivity index is 2.02. The number of rotatable bonds is 6. The summed E-state index contributed by atoms with van der Waals surface area (Å²) in [5, 5.41) is 1.00. The van der Waals surface area contributed by atoms with E-state index in [4.69, 9.17) is 31.6 Å². The molecule has 0 spiro atoms. The molecule has 10 heteroatoms. The van der Waals surface area contributed by atoms with Gasteiger partial charge in [-0.25, -0.2) is 14.4 Å². The van der Waals surface area contributed by atoms with Gasteiger partial charge in [0.1, 0.15) is 30.1 Å². The molecule has 2 N–H and O–H groups in total. The van der Waals surface area contributed by atoms with Crippen molar-refractivity contribution in [3.05, 3.63) is 62.6 Å². The Hall–Kier alpha value is -2.11. The normalized spacial score (nSPS) is 14.8. The van der Waals surface area contributed by atoms with E-state index in [2.05, 4.69) is 4.98 Å². The lowest BCUT2D eigenvalue weighted by Crippen LogP contribution is -2.26. The van der Waals surface area contributed by atoms with Gasteiger partial charge in [0.15, 0.2) is 10.9 Å². The number of ether oxygens (including phenoxy) is 2. The summed E-state index contributed by atoms with van der Waals surface area (Å²) in [5.74, 6) is -1.80. The lowest BCUT2D eigenvalue weighted by atomic mass is 10.2. The summed E-state index contributed by atoms with van der Waals surface area (Å²) in [6, 6.07) is 5.87. The molecule has 7 nitrogen and oxygen atoms in total. The third-order valence-electron chi connectivity index (χ3n) is 3.66. The second kappa shape index (κ2) is 8.10. The zero-order valence-corrected chi connectivity index (χ0v) is 17.8. The summed E-state index contributed by atoms with van der Waals surface area (Å²) in [4.78, 5) is 21.6. The SMILES string of the molecule is CC1(C)OC=C(CON(c2ccc(I)cc2F)c2c(C(N)=O)ccnc2Cl)O1. The number of hydrogen-bond donors (Lipinski definition) is 1. The van der Waals surface area contributed by atoms with Crippen LogP contribution < -0.4 is 10.8 Å². The predicted octanol–water partition coefficient (Wildman–Crippen LogP) is 4.27. The van der Waals surface area contributed by atoms with Crippen LogP contribution in [0.25, 0.3) is 0 Å². The van der Waals surface area contributed by atoms with Gasteiger partial charge in [-0.2, -0.15) is 0 Å². The molecule has 0 saturated carbocycles. The number of carbonyl (C=O) groups is 1. The maximum absolute atomic E-state index is 14.7. The highest BCUT2D eigenvalue weighted by Gasteiger charge is 2.30. The van der Waals surface area contributed by atoms with Gasteiger partial charge in [0.25, 0.3) is 5.91 Å². The topological polar surface area (TPSA) is 86.9 Å². The highest BCUT2D eigenvalue weighted by atomic mass is 127. The van der Waals surface area contributed by atoms with Gasteiger partial charge in [-0.15, -0.1) is 0 Å². The van der Waals surface area contributed by atoms with Gasteiger partial charge in [-0.1, -0.05) is 11.6 Å². The number of carbonyl (C=O) groups excluding carboxylic acids is 1. The molecular formula is C18H16ClFIN3O4. The molecule has 2 aromatic rings. The number of anilines is 2. The van der Waals surface area contributed by atoms with Gasteiger partial charge < -0.3 is 15.2 Å². The van der Waals surface area contributed by atoms with E-state index in [1.54, 1.807) is 19.9 Å². The van der Waals surface area contributed by atoms with E-state index >= 15 is 0 Å². The first-order chi connectivity index (χ1) is 13.2. The van der Waals surface area contributed by atoms with Crippen LogP contribution in [0.2, 0.25) is 5.15 Å². The molecule has 0 bridgehead atoms. The molecule has 0 unspecified atom stereocenters. The van der Waals surface area contributed by atoms with Crippen LogP contribution in [-0.4, -0.2) is 23.3 Å². The van der Waals surface area contributed by atoms with Crippen LogP contribution in [0, 0.1) is 9.39 Å². The minimum atomic E-state index is -0.831. The van der Waals surface area contributed by atoms with Crippen molar-refractivity contribution in [2.24, 2.45) is 5.73 Å². The Morgan fingerprint density at radius 2 is 2.18 bits per heavy atom. The van der Waals surface area contributed by atoms with Crippen LogP contribution in [0.1, 0.15) is 24.2 Å². The number of amides is 1. The quantitative estimate of drug-likeness (QED) is 0.348. The lowest BCUT2D eigenvalue weighted by molar-refractivity contribution is -0.121. The van der Waals surface area contributed by atoms with Gasteiger partial charge in [-0.3, -0.25) is 9.63 Å². The standard InChI is InChI=1S/C18H16ClFIN3O4/c1-18(2)26-8-11(28-18)9-27-24(14-4-3-10(21)7-13(14)20)15-12(17(22)25)5-6-23-16(15)19/h3-8H,9H2,1-2H3,(H2,22,25). The minimum Gasteiger partial charge on any atom is -0.457 e. The number of nitrogens with zero attached hydrogens (tertiary/aromatic N) is 2. The smallest absolute Gasteiger partial charge is 0.251 e. The van der Waals surface area contributed by atoms with Crippen LogP contribution in [0.15, 0.2) is 42.5 Å². The van der Waals surface area contributed by atoms with E-state index < -0.39 is 17.5 Å². The molecule has 0 fully saturated rings. The fourth-order valence-corrected chi connectivity index (χ4v) is 3.17. The van der Waals surface area contributed by atoms with E-state index in [1.807, 2.05) is 22.6 Å². The number of primary amides is 1. The van der Waals surface area contributed by atoms with Crippen molar-refractivity contribution in [2.45, 2.75) is 19.6 Å². The van der Waals surface area contributed by atoms with Crippen LogP contribution in [0.4, 0.5) is 15.8 Å². The largest absolute Gasteiger partial charge is 0.457 e. The van der Waals surface area contributed by atoms with E-state index in [0.29, 0.717) is 9.33 Å². The average Bonchev–Trinajstić information content (AvgIpc) is 2.96. The molecule has 28 heavy (non-hydrogen) atoms. The van der Waals surface area contributed by atoms with Gasteiger partial charge in [0.05, 0.1) is 5.56 Å². The second-order valence-corrected chi connectivity index (χ2v) is 7.83. The first-order valence-corrected chi connectivity index (χ1v) is 9.52. The van der Waals surface area contributed by atoms with Crippen molar-refractivity contribution in [1.29, 1.82) is 0 Å². The molecule has 0 aliphatic carbocycles. The summed E-state index contributed by atoms with van der Waals surface area (Å²) in [7, 11) is 0. The average molecular weight is 520 g/mol. The summed E-state index contributed by atoms with van der Waals surface area (Å²) >= 11 is 8.19. The monoisotopic (exact) mass is 519 g/mol. The van der Waals surface area contributed by atoms with Crippen LogP contribution in [0.3, 0.4) is 0 Å². The molecule has 0 saturated heterocycles. The number of aromatic nitrogens is 1. The summed E-state index contributed by atoms with van der Waals surface area (Å²) < 4.78 is 26.3. The Morgan fingerprint density at radius 3 is 2.79 bits per heavy atom. The highest BCUT2D eigenvalue weighted by molar-refractivity contribution is 14.1. The predicted molar refractivity (Wildman–Crippen MR) is 109 cm³/mol. The van der Waals surface area contributed by atoms with Crippen molar-refractivity contribution in [2.75, 3.05) is 11.7 Å². The zero-order chi connectivity index (χ0) is 20.5. The van der Waals surface area contributed by atoms with E-state index in [1.165, 1.54) is 30.7 Å². The summed E-state index contributed by atoms with van der Waals surface area (Å²) in [6.07, 6.45) is 2.73. The molecule has 0 radical (unpaired) electrons. The minimum absolute atomic E-state index is 0.0237. The molecule has 1 aliphatic heterocycles. The Morgan fingerprint density at radius 1 is 1.43 bits per heavy atom. The third-order valence-corrected chi connectivity index (χ3v) is 4.61. The van der Waals surface area contributed by atoms with Gasteiger partial charge in [0, 0.05) is 23.6 Å². The number of nitrogens with two attached hydrogens (primary N) is 1. The highest BCUT2D eigenvalue weighted by Crippen LogP contribution is 2.36. The van der Waals surface area contributed by atoms with E-state index in [9.17, 15) is 9.18 Å². The maximum Gasteiger partial charge on any atom is 0.251 e. The van der Waals surface area contributed by atoms with Crippen molar-refractivity contribution in [3.8, 4) is 0 Å². The molecular weight excluding hydrogens is 504 g/mol. The van der Waals surface area contributed by atoms with Crippen molar-refractivity contribution >= 4 is 51.5 Å². The lowest BCUT2D eigenvalue weighted by Gasteiger charge is -2.26. The van der Waals surface area contributed by atoms with E-state index in [-0.39, 0.29) is 28.7 Å². The number of halogens is 3. The zero-order valence-electron chi connectivity index (χ0n) is 14.9. The summed E-state index contributed by atoms with van der Waals surface area (Å²) in [6.45, 7) is 3.35. The fourth-order valence-electron chi connectivity index (χ4n) is 2.48. The van der Waals surface area contributed by atoms with Crippen molar-refractivity contribution in [1.82, 2.24) is 4.98 Å². The molecule has 0 atom stereocenters. The maximum atomic E-state index is 14.7. The first-order valence-electron chi connectivity index (χ1n) is 8.06.